The van der Waals surface area contributed by atoms with E-state index in [1.807, 2.05) is 18.2 Å². The van der Waals surface area contributed by atoms with Gasteiger partial charge in [0, 0.05) is 30.3 Å². The van der Waals surface area contributed by atoms with Gasteiger partial charge >= 0.3 is 0 Å². The monoisotopic (exact) mass is 288 g/mol. The van der Waals surface area contributed by atoms with Gasteiger partial charge in [0.25, 0.3) is 0 Å². The molecule has 3 nitrogen and oxygen atoms in total. The Hall–Kier alpha value is -1.68. The van der Waals surface area contributed by atoms with Crippen molar-refractivity contribution in [3.05, 3.63) is 41.4 Å². The summed E-state index contributed by atoms with van der Waals surface area (Å²) in [5.41, 5.74) is 2.19. The van der Waals surface area contributed by atoms with Crippen LogP contribution in [0.15, 0.2) is 35.7 Å². The number of rotatable bonds is 7. The number of thiazole rings is 1. The van der Waals surface area contributed by atoms with E-state index in [0.29, 0.717) is 13.0 Å². The van der Waals surface area contributed by atoms with Crippen LogP contribution in [0.1, 0.15) is 31.9 Å². The van der Waals surface area contributed by atoms with Gasteiger partial charge < -0.3 is 5.32 Å². The summed E-state index contributed by atoms with van der Waals surface area (Å²) in [5.74, 6) is 0.144. The van der Waals surface area contributed by atoms with Crippen LogP contribution in [0.4, 0.5) is 0 Å². The summed E-state index contributed by atoms with van der Waals surface area (Å²) in [7, 11) is 0. The number of carbonyl (C=O) groups excluding carboxylic acids is 1. The Bertz CT molecular complexity index is 536. The van der Waals surface area contributed by atoms with E-state index < -0.39 is 0 Å². The molecule has 0 aliphatic carbocycles. The van der Waals surface area contributed by atoms with Gasteiger partial charge in [-0.1, -0.05) is 43.7 Å². The Labute approximate surface area is 124 Å². The molecule has 0 saturated heterocycles. The van der Waals surface area contributed by atoms with E-state index in [0.717, 1.165) is 35.5 Å². The molecule has 1 aromatic carbocycles. The standard InChI is InChI=1S/C16H20N2OS/c1-2-3-9-15(19)17-11-10-14-12-20-16(18-14)13-7-5-4-6-8-13/h4-8,12H,2-3,9-11H2,1H3,(H,17,19). The molecule has 0 aliphatic heterocycles. The summed E-state index contributed by atoms with van der Waals surface area (Å²) in [5, 5.41) is 6.05. The lowest BCUT2D eigenvalue weighted by Crippen LogP contribution is -2.25. The highest BCUT2D eigenvalue weighted by Crippen LogP contribution is 2.23. The number of unbranched alkanes of at least 4 members (excludes halogenated alkanes) is 1. The van der Waals surface area contributed by atoms with E-state index in [4.69, 9.17) is 0 Å². The number of carbonyl (C=O) groups is 1. The van der Waals surface area contributed by atoms with Gasteiger partial charge in [0.15, 0.2) is 0 Å². The third-order valence-electron chi connectivity index (χ3n) is 3.03. The maximum absolute atomic E-state index is 11.5. The predicted molar refractivity (Wildman–Crippen MR) is 83.8 cm³/mol. The van der Waals surface area contributed by atoms with Gasteiger partial charge in [0.05, 0.1) is 5.69 Å². The lowest BCUT2D eigenvalue weighted by molar-refractivity contribution is -0.121. The van der Waals surface area contributed by atoms with E-state index in [1.165, 1.54) is 0 Å². The second kappa shape index (κ2) is 7.80. The van der Waals surface area contributed by atoms with Crippen LogP contribution in [0, 0.1) is 0 Å². The minimum Gasteiger partial charge on any atom is -0.356 e. The Balaban J connectivity index is 1.80. The molecule has 0 fully saturated rings. The second-order valence-corrected chi connectivity index (χ2v) is 5.57. The second-order valence-electron chi connectivity index (χ2n) is 4.71. The Morgan fingerprint density at radius 1 is 1.30 bits per heavy atom. The Kier molecular flexibility index (Phi) is 5.74. The largest absolute Gasteiger partial charge is 0.356 e. The van der Waals surface area contributed by atoms with Crippen LogP contribution >= 0.6 is 11.3 Å². The summed E-state index contributed by atoms with van der Waals surface area (Å²) in [6.07, 6.45) is 3.44. The number of aromatic nitrogens is 1. The first-order chi connectivity index (χ1) is 9.79. The molecule has 2 aromatic rings. The molecule has 1 aromatic heterocycles. The molecule has 0 saturated carbocycles. The first kappa shape index (κ1) is 14.7. The number of nitrogens with one attached hydrogen (secondary N) is 1. The van der Waals surface area contributed by atoms with Crippen molar-refractivity contribution in [2.75, 3.05) is 6.54 Å². The first-order valence-corrected chi connectivity index (χ1v) is 7.94. The molecule has 0 unspecified atom stereocenters. The molecule has 20 heavy (non-hydrogen) atoms. The van der Waals surface area contributed by atoms with Gasteiger partial charge in [0.2, 0.25) is 5.91 Å². The molecule has 0 radical (unpaired) electrons. The van der Waals surface area contributed by atoms with E-state index in [2.05, 4.69) is 34.7 Å². The van der Waals surface area contributed by atoms with Gasteiger partial charge in [-0.25, -0.2) is 4.98 Å². The van der Waals surface area contributed by atoms with Crippen LogP contribution in [-0.2, 0) is 11.2 Å². The molecule has 1 N–H and O–H groups in total. The van der Waals surface area contributed by atoms with Crippen LogP contribution in [-0.4, -0.2) is 17.4 Å². The van der Waals surface area contributed by atoms with Gasteiger partial charge in [-0.15, -0.1) is 11.3 Å². The molecule has 4 heteroatoms. The Morgan fingerprint density at radius 3 is 2.85 bits per heavy atom. The highest BCUT2D eigenvalue weighted by atomic mass is 32.1. The number of hydrogen-bond donors (Lipinski definition) is 1. The van der Waals surface area contributed by atoms with Crippen LogP contribution in [0.25, 0.3) is 10.6 Å². The average Bonchev–Trinajstić information content (AvgIpc) is 2.95. The van der Waals surface area contributed by atoms with Gasteiger partial charge in [-0.05, 0) is 6.42 Å². The topological polar surface area (TPSA) is 42.0 Å². The summed E-state index contributed by atoms with van der Waals surface area (Å²) >= 11 is 1.65. The zero-order valence-corrected chi connectivity index (χ0v) is 12.6. The van der Waals surface area contributed by atoms with Crippen molar-refractivity contribution < 1.29 is 4.79 Å². The molecular formula is C16H20N2OS. The normalized spacial score (nSPS) is 10.4. The lowest BCUT2D eigenvalue weighted by atomic mass is 10.2. The molecule has 0 atom stereocenters. The minimum atomic E-state index is 0.144. The smallest absolute Gasteiger partial charge is 0.220 e. The van der Waals surface area contributed by atoms with Crippen molar-refractivity contribution in [1.29, 1.82) is 0 Å². The molecule has 0 aliphatic rings. The van der Waals surface area contributed by atoms with Gasteiger partial charge in [0.1, 0.15) is 5.01 Å². The van der Waals surface area contributed by atoms with Crippen molar-refractivity contribution in [3.63, 3.8) is 0 Å². The van der Waals surface area contributed by atoms with E-state index in [1.54, 1.807) is 11.3 Å². The van der Waals surface area contributed by atoms with Crippen molar-refractivity contribution in [1.82, 2.24) is 10.3 Å². The average molecular weight is 288 g/mol. The number of nitrogens with zero attached hydrogens (tertiary/aromatic N) is 1. The zero-order chi connectivity index (χ0) is 14.2. The van der Waals surface area contributed by atoms with E-state index in [9.17, 15) is 4.79 Å². The maximum atomic E-state index is 11.5. The predicted octanol–water partition coefficient (Wildman–Crippen LogP) is 3.66. The van der Waals surface area contributed by atoms with Crippen molar-refractivity contribution in [3.8, 4) is 10.6 Å². The zero-order valence-electron chi connectivity index (χ0n) is 11.8. The van der Waals surface area contributed by atoms with Crippen LogP contribution in [0.3, 0.4) is 0 Å². The minimum absolute atomic E-state index is 0.144. The molecule has 2 rings (SSSR count). The quantitative estimate of drug-likeness (QED) is 0.845. The van der Waals surface area contributed by atoms with Gasteiger partial charge in [-0.3, -0.25) is 4.79 Å². The van der Waals surface area contributed by atoms with E-state index in [-0.39, 0.29) is 5.91 Å². The summed E-state index contributed by atoms with van der Waals surface area (Å²) in [6.45, 7) is 2.76. The van der Waals surface area contributed by atoms with Crippen molar-refractivity contribution >= 4 is 17.2 Å². The third-order valence-corrected chi connectivity index (χ3v) is 3.97. The number of hydrogen-bond acceptors (Lipinski definition) is 3. The third kappa shape index (κ3) is 4.46. The SMILES string of the molecule is CCCCC(=O)NCCc1csc(-c2ccccc2)n1. The first-order valence-electron chi connectivity index (χ1n) is 7.06. The molecule has 0 spiro atoms. The highest BCUT2D eigenvalue weighted by molar-refractivity contribution is 7.13. The fourth-order valence-electron chi connectivity index (χ4n) is 1.89. The highest BCUT2D eigenvalue weighted by Gasteiger charge is 2.05. The summed E-state index contributed by atoms with van der Waals surface area (Å²) in [4.78, 5) is 16.1. The van der Waals surface area contributed by atoms with Crippen LogP contribution in [0.5, 0.6) is 0 Å². The summed E-state index contributed by atoms with van der Waals surface area (Å²) in [6, 6.07) is 10.2. The molecule has 0 bridgehead atoms. The maximum Gasteiger partial charge on any atom is 0.220 e. The molecule has 106 valence electrons. The summed E-state index contributed by atoms with van der Waals surface area (Å²) < 4.78 is 0. The van der Waals surface area contributed by atoms with Gasteiger partial charge in [-0.2, -0.15) is 0 Å². The van der Waals surface area contributed by atoms with Crippen molar-refractivity contribution in [2.45, 2.75) is 32.6 Å². The fourth-order valence-corrected chi connectivity index (χ4v) is 2.75. The van der Waals surface area contributed by atoms with Crippen LogP contribution in [0.2, 0.25) is 0 Å². The lowest BCUT2D eigenvalue weighted by Gasteiger charge is -2.02. The Morgan fingerprint density at radius 2 is 2.10 bits per heavy atom. The van der Waals surface area contributed by atoms with E-state index >= 15 is 0 Å². The van der Waals surface area contributed by atoms with Crippen molar-refractivity contribution in [2.24, 2.45) is 0 Å². The molecular weight excluding hydrogens is 268 g/mol. The van der Waals surface area contributed by atoms with Crippen LogP contribution < -0.4 is 5.32 Å². The fraction of sp³-hybridized carbons (Fsp3) is 0.375. The number of benzene rings is 1. The molecule has 1 amide bonds. The number of amides is 1. The molecule has 1 heterocycles.